The molecule has 2 nitrogen and oxygen atoms in total. The first-order valence-electron chi connectivity index (χ1n) is 7.53. The third kappa shape index (κ3) is 3.78. The van der Waals surface area contributed by atoms with E-state index in [-0.39, 0.29) is 0 Å². The van der Waals surface area contributed by atoms with E-state index in [0.717, 1.165) is 22.3 Å². The van der Waals surface area contributed by atoms with E-state index < -0.39 is 7.12 Å². The molecule has 0 spiro atoms. The molecule has 0 aliphatic heterocycles. The predicted molar refractivity (Wildman–Crippen MR) is 97.1 cm³/mol. The highest BCUT2D eigenvalue weighted by Crippen LogP contribution is 2.24. The van der Waals surface area contributed by atoms with Crippen LogP contribution >= 0.6 is 0 Å². The van der Waals surface area contributed by atoms with E-state index in [1.165, 1.54) is 0 Å². The quantitative estimate of drug-likeness (QED) is 0.574. The average Bonchev–Trinajstić information content (AvgIpc) is 2.61. The predicted octanol–water partition coefficient (Wildman–Crippen LogP) is 3.20. The fourth-order valence-electron chi connectivity index (χ4n) is 2.49. The molecule has 112 valence electrons. The molecule has 0 heterocycles. The lowest BCUT2D eigenvalue weighted by atomic mass is 9.79. The maximum Gasteiger partial charge on any atom is 0.488 e. The Morgan fingerprint density at radius 3 is 2.00 bits per heavy atom. The van der Waals surface area contributed by atoms with Crippen LogP contribution in [0.2, 0.25) is 0 Å². The lowest BCUT2D eigenvalue weighted by Crippen LogP contribution is -2.29. The molecule has 23 heavy (non-hydrogen) atoms. The van der Waals surface area contributed by atoms with Gasteiger partial charge < -0.3 is 10.0 Å². The van der Waals surface area contributed by atoms with Crippen molar-refractivity contribution in [2.45, 2.75) is 0 Å². The molecule has 0 saturated heterocycles. The molecule has 0 amide bonds. The van der Waals surface area contributed by atoms with Crippen LogP contribution in [0, 0.1) is 0 Å². The standard InChI is InChI=1S/C20H17BO2/c22-21(23)19-14-12-18(13-15-19)20-9-5-4-8-17(20)11-10-16-6-2-1-3-7-16/h1-15,22-23H. The van der Waals surface area contributed by atoms with Crippen molar-refractivity contribution in [2.24, 2.45) is 0 Å². The molecule has 0 aromatic heterocycles. The van der Waals surface area contributed by atoms with Gasteiger partial charge in [0.05, 0.1) is 0 Å². The summed E-state index contributed by atoms with van der Waals surface area (Å²) in [7, 11) is -1.43. The summed E-state index contributed by atoms with van der Waals surface area (Å²) in [5, 5.41) is 18.4. The van der Waals surface area contributed by atoms with E-state index in [1.807, 2.05) is 42.5 Å². The first-order chi connectivity index (χ1) is 11.2. The number of rotatable bonds is 4. The Morgan fingerprint density at radius 1 is 0.652 bits per heavy atom. The Balaban J connectivity index is 1.93. The molecule has 3 rings (SSSR count). The van der Waals surface area contributed by atoms with E-state index in [2.05, 4.69) is 36.4 Å². The van der Waals surface area contributed by atoms with Gasteiger partial charge in [0.2, 0.25) is 0 Å². The Morgan fingerprint density at radius 2 is 1.30 bits per heavy atom. The van der Waals surface area contributed by atoms with Crippen molar-refractivity contribution in [2.75, 3.05) is 0 Å². The molecule has 0 atom stereocenters. The van der Waals surface area contributed by atoms with Crippen molar-refractivity contribution in [3.05, 3.63) is 90.0 Å². The molecule has 0 aliphatic rings. The lowest BCUT2D eigenvalue weighted by Gasteiger charge is -2.07. The van der Waals surface area contributed by atoms with Crippen molar-refractivity contribution in [1.82, 2.24) is 0 Å². The molecule has 3 aromatic rings. The van der Waals surface area contributed by atoms with Gasteiger partial charge in [-0.15, -0.1) is 0 Å². The zero-order valence-electron chi connectivity index (χ0n) is 12.6. The Labute approximate surface area is 136 Å². The minimum Gasteiger partial charge on any atom is -0.423 e. The van der Waals surface area contributed by atoms with E-state index in [1.54, 1.807) is 12.1 Å². The summed E-state index contributed by atoms with van der Waals surface area (Å²) in [5.41, 5.74) is 4.92. The monoisotopic (exact) mass is 300 g/mol. The third-order valence-corrected chi connectivity index (χ3v) is 3.74. The van der Waals surface area contributed by atoms with Crippen LogP contribution in [0.1, 0.15) is 11.1 Å². The van der Waals surface area contributed by atoms with Crippen molar-refractivity contribution >= 4 is 24.7 Å². The van der Waals surface area contributed by atoms with E-state index in [0.29, 0.717) is 5.46 Å². The van der Waals surface area contributed by atoms with Crippen LogP contribution in [0.25, 0.3) is 23.3 Å². The summed E-state index contributed by atoms with van der Waals surface area (Å²) < 4.78 is 0. The van der Waals surface area contributed by atoms with E-state index in [4.69, 9.17) is 0 Å². The molecule has 0 bridgehead atoms. The molecule has 3 heteroatoms. The van der Waals surface area contributed by atoms with Crippen molar-refractivity contribution in [3.63, 3.8) is 0 Å². The van der Waals surface area contributed by atoms with Gasteiger partial charge in [-0.3, -0.25) is 0 Å². The van der Waals surface area contributed by atoms with E-state index >= 15 is 0 Å². The third-order valence-electron chi connectivity index (χ3n) is 3.74. The Bertz CT molecular complexity index is 793. The Hall–Kier alpha value is -2.62. The SMILES string of the molecule is OB(O)c1ccc(-c2ccccc2C=Cc2ccccc2)cc1. The smallest absolute Gasteiger partial charge is 0.423 e. The van der Waals surface area contributed by atoms with Gasteiger partial charge in [0, 0.05) is 0 Å². The molecule has 3 aromatic carbocycles. The molecule has 0 fully saturated rings. The summed E-state index contributed by atoms with van der Waals surface area (Å²) in [4.78, 5) is 0. The lowest BCUT2D eigenvalue weighted by molar-refractivity contribution is 0.426. The summed E-state index contributed by atoms with van der Waals surface area (Å²) in [5.74, 6) is 0. The van der Waals surface area contributed by atoms with Crippen LogP contribution in [-0.2, 0) is 0 Å². The second-order valence-corrected chi connectivity index (χ2v) is 5.33. The van der Waals surface area contributed by atoms with Crippen LogP contribution in [0.5, 0.6) is 0 Å². The van der Waals surface area contributed by atoms with Crippen molar-refractivity contribution < 1.29 is 10.0 Å². The van der Waals surface area contributed by atoms with Crippen LogP contribution in [-0.4, -0.2) is 17.2 Å². The highest BCUT2D eigenvalue weighted by atomic mass is 16.4. The number of hydrogen-bond acceptors (Lipinski definition) is 2. The molecule has 0 radical (unpaired) electrons. The van der Waals surface area contributed by atoms with Gasteiger partial charge in [-0.2, -0.15) is 0 Å². The highest BCUT2D eigenvalue weighted by molar-refractivity contribution is 6.58. The minimum atomic E-state index is -1.43. The van der Waals surface area contributed by atoms with Crippen LogP contribution in [0.4, 0.5) is 0 Å². The van der Waals surface area contributed by atoms with Gasteiger partial charge in [-0.25, -0.2) is 0 Å². The van der Waals surface area contributed by atoms with Crippen LogP contribution in [0.15, 0.2) is 78.9 Å². The summed E-state index contributed by atoms with van der Waals surface area (Å²) in [6, 6.07) is 25.6. The van der Waals surface area contributed by atoms with Gasteiger partial charge in [0.15, 0.2) is 0 Å². The summed E-state index contributed by atoms with van der Waals surface area (Å²) in [6.07, 6.45) is 4.18. The fourth-order valence-corrected chi connectivity index (χ4v) is 2.49. The topological polar surface area (TPSA) is 40.5 Å². The van der Waals surface area contributed by atoms with E-state index in [9.17, 15) is 10.0 Å². The van der Waals surface area contributed by atoms with Gasteiger partial charge in [-0.05, 0) is 27.7 Å². The molecular weight excluding hydrogens is 283 g/mol. The molecular formula is C20H17BO2. The zero-order chi connectivity index (χ0) is 16.1. The van der Waals surface area contributed by atoms with Gasteiger partial charge >= 0.3 is 7.12 Å². The molecule has 0 aliphatic carbocycles. The van der Waals surface area contributed by atoms with Crippen molar-refractivity contribution in [1.29, 1.82) is 0 Å². The number of hydrogen-bond donors (Lipinski definition) is 2. The zero-order valence-corrected chi connectivity index (χ0v) is 12.6. The fraction of sp³-hybridized carbons (Fsp3) is 0. The second-order valence-electron chi connectivity index (χ2n) is 5.33. The molecule has 0 saturated carbocycles. The van der Waals surface area contributed by atoms with Gasteiger partial charge in [0.1, 0.15) is 0 Å². The largest absolute Gasteiger partial charge is 0.488 e. The summed E-state index contributed by atoms with van der Waals surface area (Å²) >= 11 is 0. The summed E-state index contributed by atoms with van der Waals surface area (Å²) in [6.45, 7) is 0. The highest BCUT2D eigenvalue weighted by Gasteiger charge is 2.10. The minimum absolute atomic E-state index is 0.492. The van der Waals surface area contributed by atoms with Crippen LogP contribution < -0.4 is 5.46 Å². The van der Waals surface area contributed by atoms with Crippen LogP contribution in [0.3, 0.4) is 0 Å². The van der Waals surface area contributed by atoms with Crippen molar-refractivity contribution in [3.8, 4) is 11.1 Å². The van der Waals surface area contributed by atoms with Gasteiger partial charge in [0.25, 0.3) is 0 Å². The normalized spacial score (nSPS) is 10.9. The number of benzene rings is 3. The average molecular weight is 300 g/mol. The molecule has 2 N–H and O–H groups in total. The second kappa shape index (κ2) is 7.10. The first kappa shape index (κ1) is 15.3. The maximum absolute atomic E-state index is 9.19. The maximum atomic E-state index is 9.19. The Kier molecular flexibility index (Phi) is 4.72. The molecule has 0 unspecified atom stereocenters. The first-order valence-corrected chi connectivity index (χ1v) is 7.53. The van der Waals surface area contributed by atoms with Gasteiger partial charge in [-0.1, -0.05) is 91.0 Å².